The predicted octanol–water partition coefficient (Wildman–Crippen LogP) is 1.65. The van der Waals surface area contributed by atoms with Crippen molar-refractivity contribution in [2.45, 2.75) is 57.3 Å². The lowest BCUT2D eigenvalue weighted by atomic mass is 9.86. The second-order valence-electron chi connectivity index (χ2n) is 4.17. The second-order valence-corrected chi connectivity index (χ2v) is 4.17. The Balaban J connectivity index is 2.01. The maximum Gasteiger partial charge on any atom is 0.306 e. The van der Waals surface area contributed by atoms with Gasteiger partial charge >= 0.3 is 5.97 Å². The molecule has 3 nitrogen and oxygen atoms in total. The summed E-state index contributed by atoms with van der Waals surface area (Å²) in [6.45, 7) is 3.81. The normalized spacial score (nSPS) is 42.3. The lowest BCUT2D eigenvalue weighted by Gasteiger charge is -2.30. The van der Waals surface area contributed by atoms with Crippen molar-refractivity contribution >= 4 is 5.97 Å². The fourth-order valence-electron chi connectivity index (χ4n) is 2.33. The summed E-state index contributed by atoms with van der Waals surface area (Å²) in [5.74, 6) is -0.112. The highest BCUT2D eigenvalue weighted by Gasteiger charge is 2.51. The zero-order valence-corrected chi connectivity index (χ0v) is 8.21. The number of esters is 1. The van der Waals surface area contributed by atoms with E-state index in [-0.39, 0.29) is 17.7 Å². The minimum atomic E-state index is -0.337. The van der Waals surface area contributed by atoms with Crippen molar-refractivity contribution in [2.24, 2.45) is 0 Å². The van der Waals surface area contributed by atoms with E-state index in [1.165, 1.54) is 0 Å². The van der Waals surface area contributed by atoms with Gasteiger partial charge in [-0.25, -0.2) is 0 Å². The Hall–Kier alpha value is -0.570. The molecule has 74 valence electrons. The Morgan fingerprint density at radius 2 is 2.38 bits per heavy atom. The van der Waals surface area contributed by atoms with Gasteiger partial charge in [0.2, 0.25) is 0 Å². The summed E-state index contributed by atoms with van der Waals surface area (Å²) in [7, 11) is 0. The van der Waals surface area contributed by atoms with Crippen LogP contribution in [0.5, 0.6) is 0 Å². The molecule has 2 rings (SSSR count). The van der Waals surface area contributed by atoms with E-state index in [0.717, 1.165) is 19.3 Å². The van der Waals surface area contributed by atoms with Crippen LogP contribution in [0.15, 0.2) is 0 Å². The topological polar surface area (TPSA) is 35.5 Å². The molecule has 3 atom stereocenters. The van der Waals surface area contributed by atoms with Gasteiger partial charge in [0.1, 0.15) is 5.60 Å². The van der Waals surface area contributed by atoms with Gasteiger partial charge in [-0.1, -0.05) is 6.92 Å². The first-order valence-corrected chi connectivity index (χ1v) is 5.01. The highest BCUT2D eigenvalue weighted by atomic mass is 16.6. The largest absolute Gasteiger partial charge is 0.456 e. The quantitative estimate of drug-likeness (QED) is 0.612. The lowest BCUT2D eigenvalue weighted by molar-refractivity contribution is -0.162. The van der Waals surface area contributed by atoms with Crippen LogP contribution in [0, 0.1) is 0 Å². The number of ether oxygens (including phenoxy) is 2. The first kappa shape index (κ1) is 9.00. The van der Waals surface area contributed by atoms with Crippen molar-refractivity contribution in [3.05, 3.63) is 0 Å². The summed E-state index contributed by atoms with van der Waals surface area (Å²) in [5.41, 5.74) is -0.337. The third-order valence-corrected chi connectivity index (χ3v) is 3.06. The first-order valence-electron chi connectivity index (χ1n) is 5.01. The number of fused-ring (bicyclic) bond motifs is 2. The molecule has 0 N–H and O–H groups in total. The van der Waals surface area contributed by atoms with E-state index < -0.39 is 0 Å². The van der Waals surface area contributed by atoms with Gasteiger partial charge in [-0.15, -0.1) is 0 Å². The molecule has 13 heavy (non-hydrogen) atoms. The Labute approximate surface area is 78.4 Å². The van der Waals surface area contributed by atoms with Crippen LogP contribution in [0.1, 0.15) is 39.5 Å². The third kappa shape index (κ3) is 1.46. The molecule has 3 heteroatoms. The average Bonchev–Trinajstić information content (AvgIpc) is 2.62. The number of rotatable bonds is 2. The molecule has 0 aliphatic carbocycles. The van der Waals surface area contributed by atoms with Gasteiger partial charge in [0, 0.05) is 12.8 Å². The van der Waals surface area contributed by atoms with E-state index in [1.54, 1.807) is 0 Å². The van der Waals surface area contributed by atoms with Crippen LogP contribution in [-0.4, -0.2) is 23.8 Å². The fraction of sp³-hybridized carbons (Fsp3) is 0.900. The van der Waals surface area contributed by atoms with Crippen LogP contribution in [0.4, 0.5) is 0 Å². The molecule has 2 heterocycles. The van der Waals surface area contributed by atoms with Crippen LogP contribution < -0.4 is 0 Å². The van der Waals surface area contributed by atoms with Crippen molar-refractivity contribution in [3.63, 3.8) is 0 Å². The molecular formula is C10H16O3. The SMILES string of the molecule is CCC(=O)OC1(C)CC2CCC1O2. The van der Waals surface area contributed by atoms with Crippen LogP contribution in [0.25, 0.3) is 0 Å². The van der Waals surface area contributed by atoms with Crippen LogP contribution in [-0.2, 0) is 14.3 Å². The molecule has 2 aliphatic heterocycles. The molecule has 0 spiro atoms. The highest BCUT2D eigenvalue weighted by molar-refractivity contribution is 5.69. The summed E-state index contributed by atoms with van der Waals surface area (Å²) in [6.07, 6.45) is 3.98. The molecule has 0 saturated carbocycles. The number of carbonyl (C=O) groups is 1. The van der Waals surface area contributed by atoms with Crippen molar-refractivity contribution in [2.75, 3.05) is 0 Å². The molecular weight excluding hydrogens is 168 g/mol. The molecule has 2 saturated heterocycles. The zero-order valence-electron chi connectivity index (χ0n) is 8.21. The summed E-state index contributed by atoms with van der Waals surface area (Å²) >= 11 is 0. The van der Waals surface area contributed by atoms with Gasteiger partial charge in [0.25, 0.3) is 0 Å². The van der Waals surface area contributed by atoms with Crippen molar-refractivity contribution in [1.82, 2.24) is 0 Å². The van der Waals surface area contributed by atoms with E-state index >= 15 is 0 Å². The Kier molecular flexibility index (Phi) is 2.06. The number of hydrogen-bond acceptors (Lipinski definition) is 3. The molecule has 0 aromatic rings. The fourth-order valence-corrected chi connectivity index (χ4v) is 2.33. The first-order chi connectivity index (χ1) is 6.14. The highest BCUT2D eigenvalue weighted by Crippen LogP contribution is 2.43. The molecule has 0 aromatic carbocycles. The molecule has 2 fully saturated rings. The summed E-state index contributed by atoms with van der Waals surface area (Å²) < 4.78 is 11.1. The minimum Gasteiger partial charge on any atom is -0.456 e. The second kappa shape index (κ2) is 2.98. The summed E-state index contributed by atoms with van der Waals surface area (Å²) in [5, 5.41) is 0. The van der Waals surface area contributed by atoms with Gasteiger partial charge in [-0.05, 0) is 19.8 Å². The Bertz CT molecular complexity index is 226. The van der Waals surface area contributed by atoms with Crippen LogP contribution in [0.2, 0.25) is 0 Å². The van der Waals surface area contributed by atoms with Gasteiger partial charge in [-0.3, -0.25) is 4.79 Å². The predicted molar refractivity (Wildman–Crippen MR) is 47.3 cm³/mol. The third-order valence-electron chi connectivity index (χ3n) is 3.06. The van der Waals surface area contributed by atoms with Crippen molar-refractivity contribution in [1.29, 1.82) is 0 Å². The number of hydrogen-bond donors (Lipinski definition) is 0. The Morgan fingerprint density at radius 3 is 2.85 bits per heavy atom. The van der Waals surface area contributed by atoms with Gasteiger partial charge in [-0.2, -0.15) is 0 Å². The molecule has 0 radical (unpaired) electrons. The Morgan fingerprint density at radius 1 is 1.62 bits per heavy atom. The van der Waals surface area contributed by atoms with E-state index in [0.29, 0.717) is 12.5 Å². The smallest absolute Gasteiger partial charge is 0.306 e. The van der Waals surface area contributed by atoms with E-state index in [1.807, 2.05) is 13.8 Å². The minimum absolute atomic E-state index is 0.112. The standard InChI is InChI=1S/C10H16O3/c1-3-9(11)13-10(2)6-7-4-5-8(10)12-7/h7-8H,3-6H2,1-2H3. The molecule has 0 amide bonds. The van der Waals surface area contributed by atoms with E-state index in [9.17, 15) is 4.79 Å². The maximum atomic E-state index is 11.2. The van der Waals surface area contributed by atoms with Crippen LogP contribution in [0.3, 0.4) is 0 Å². The van der Waals surface area contributed by atoms with Gasteiger partial charge in [0.05, 0.1) is 12.2 Å². The number of carbonyl (C=O) groups excluding carboxylic acids is 1. The average molecular weight is 184 g/mol. The molecule has 2 bridgehead atoms. The monoisotopic (exact) mass is 184 g/mol. The zero-order chi connectivity index (χ0) is 9.47. The summed E-state index contributed by atoms with van der Waals surface area (Å²) in [6, 6.07) is 0. The van der Waals surface area contributed by atoms with E-state index in [2.05, 4.69) is 0 Å². The lowest BCUT2D eigenvalue weighted by Crippen LogP contribution is -2.41. The van der Waals surface area contributed by atoms with Crippen molar-refractivity contribution in [3.8, 4) is 0 Å². The molecule has 3 unspecified atom stereocenters. The van der Waals surface area contributed by atoms with E-state index in [4.69, 9.17) is 9.47 Å². The molecule has 0 aromatic heterocycles. The van der Waals surface area contributed by atoms with Gasteiger partial charge in [0.15, 0.2) is 0 Å². The van der Waals surface area contributed by atoms with Crippen molar-refractivity contribution < 1.29 is 14.3 Å². The maximum absolute atomic E-state index is 11.2. The summed E-state index contributed by atoms with van der Waals surface area (Å²) in [4.78, 5) is 11.2. The molecule has 2 aliphatic rings. The van der Waals surface area contributed by atoms with Gasteiger partial charge < -0.3 is 9.47 Å². The van der Waals surface area contributed by atoms with Crippen LogP contribution >= 0.6 is 0 Å².